The fourth-order valence-electron chi connectivity index (χ4n) is 6.03. The highest BCUT2D eigenvalue weighted by Crippen LogP contribution is 2.32. The van der Waals surface area contributed by atoms with Crippen LogP contribution in [0.1, 0.15) is 50.8 Å². The van der Waals surface area contributed by atoms with Crippen molar-refractivity contribution in [2.75, 3.05) is 58.3 Å². The Bertz CT molecular complexity index is 1840. The van der Waals surface area contributed by atoms with E-state index in [0.717, 1.165) is 30.6 Å². The zero-order valence-electron chi connectivity index (χ0n) is 27.2. The Kier molecular flexibility index (Phi) is 10.5. The molecule has 6 rings (SSSR count). The number of hydrogen-bond donors (Lipinski definition) is 3. The molecular weight excluding hydrogens is 681 g/mol. The quantitative estimate of drug-likeness (QED) is 0.226. The summed E-state index contributed by atoms with van der Waals surface area (Å²) in [7, 11) is 1.54. The number of hydrogen-bond acceptors (Lipinski definition) is 8. The van der Waals surface area contributed by atoms with E-state index in [1.54, 1.807) is 22.8 Å². The second kappa shape index (κ2) is 15.0. The van der Waals surface area contributed by atoms with Crippen molar-refractivity contribution in [3.63, 3.8) is 0 Å². The minimum atomic E-state index is -4.73. The maximum absolute atomic E-state index is 13.9. The number of piperidine rings is 1. The molecule has 3 N–H and O–H groups in total. The van der Waals surface area contributed by atoms with Crippen molar-refractivity contribution in [2.45, 2.75) is 32.0 Å². The number of imidazole rings is 2. The van der Waals surface area contributed by atoms with Gasteiger partial charge in [0.05, 0.1) is 23.5 Å². The first-order valence-corrected chi connectivity index (χ1v) is 16.5. The van der Waals surface area contributed by atoms with E-state index in [0.29, 0.717) is 39.3 Å². The zero-order chi connectivity index (χ0) is 35.4. The first-order chi connectivity index (χ1) is 24.0. The van der Waals surface area contributed by atoms with Crippen LogP contribution in [0.25, 0.3) is 5.82 Å². The lowest BCUT2D eigenvalue weighted by molar-refractivity contribution is -0.142. The van der Waals surface area contributed by atoms with Crippen molar-refractivity contribution >= 4 is 35.0 Å². The smallest absolute Gasteiger partial charge is 0.383 e. The number of nitrogens with zero attached hydrogens (tertiary/aromatic N) is 7. The molecule has 0 spiro atoms. The van der Waals surface area contributed by atoms with E-state index in [9.17, 15) is 27.6 Å². The molecule has 18 heteroatoms. The number of carbonyl (C=O) groups excluding carboxylic acids is 3. The second-order valence-electron chi connectivity index (χ2n) is 12.1. The number of amides is 3. The molecule has 2 fully saturated rings. The van der Waals surface area contributed by atoms with E-state index in [2.05, 4.69) is 30.7 Å². The molecule has 1 aromatic carbocycles. The Morgan fingerprint density at radius 1 is 1.06 bits per heavy atom. The number of aromatic nitrogens is 6. The molecule has 50 heavy (non-hydrogen) atoms. The van der Waals surface area contributed by atoms with Crippen molar-refractivity contribution in [1.82, 2.24) is 44.4 Å². The summed E-state index contributed by atoms with van der Waals surface area (Å²) in [5.74, 6) is -0.708. The molecule has 0 radical (unpaired) electrons. The molecule has 0 saturated carbocycles. The molecule has 3 aromatic heterocycles. The van der Waals surface area contributed by atoms with E-state index in [4.69, 9.17) is 16.3 Å². The van der Waals surface area contributed by atoms with Crippen LogP contribution in [0.15, 0.2) is 43.1 Å². The largest absolute Gasteiger partial charge is 0.435 e. The molecule has 2 saturated heterocycles. The molecule has 3 amide bonds. The lowest BCUT2D eigenvalue weighted by Gasteiger charge is -2.37. The van der Waals surface area contributed by atoms with Gasteiger partial charge in [0.1, 0.15) is 0 Å². The maximum atomic E-state index is 13.9. The highest BCUT2D eigenvalue weighted by Gasteiger charge is 2.38. The average molecular weight is 717 g/mol. The Hall–Kier alpha value is -4.74. The predicted octanol–water partition coefficient (Wildman–Crippen LogP) is 3.24. The number of nitrogens with one attached hydrogen (secondary N) is 3. The Balaban J connectivity index is 1.06. The molecule has 0 atom stereocenters. The summed E-state index contributed by atoms with van der Waals surface area (Å²) in [6.45, 7) is 4.21. The van der Waals surface area contributed by atoms with Crippen LogP contribution >= 0.6 is 11.6 Å². The summed E-state index contributed by atoms with van der Waals surface area (Å²) in [5, 5.41) is 9.77. The first-order valence-electron chi connectivity index (χ1n) is 16.1. The van der Waals surface area contributed by atoms with E-state index in [1.165, 1.54) is 36.9 Å². The molecular formula is C32H36ClF3N10O4. The second-order valence-corrected chi connectivity index (χ2v) is 12.5. The van der Waals surface area contributed by atoms with Crippen molar-refractivity contribution < 1.29 is 32.3 Å². The summed E-state index contributed by atoms with van der Waals surface area (Å²) in [5.41, 5.74) is -0.423. The standard InChI is InChI=1S/C32H36ClF3N10O4/c1-50-13-12-43-18-26(39-19-43)46-17-21(27(42-46)32(34,35)36)14-23-16-38-28(40-23)29(47)41-22-2-3-24(25(33)15-22)31(49)45-10-8-44(9-11-45)30(48)20-4-6-37-7-5-20/h2-3,15-20,37H,4-14H2,1H3,(H,38,40)(H,41,47). The van der Waals surface area contributed by atoms with Gasteiger partial charge in [0, 0.05) is 87.7 Å². The SMILES string of the molecule is COCCn1cnc(-n2cc(Cc3cnc(C(=O)Nc4ccc(C(=O)N5CCN(C(=O)C6CCNCC6)CC5)c(Cl)c4)[nH]3)c(C(F)(F)F)n2)c1. The molecule has 2 aliphatic rings. The third kappa shape index (κ3) is 8.00. The third-order valence-electron chi connectivity index (χ3n) is 8.72. The van der Waals surface area contributed by atoms with E-state index < -0.39 is 17.8 Å². The number of aromatic amines is 1. The number of alkyl halides is 3. The van der Waals surface area contributed by atoms with Crippen LogP contribution in [0.5, 0.6) is 0 Å². The monoisotopic (exact) mass is 716 g/mol. The van der Waals surface area contributed by atoms with E-state index in [-0.39, 0.29) is 63.3 Å². The highest BCUT2D eigenvalue weighted by atomic mass is 35.5. The van der Waals surface area contributed by atoms with Crippen LogP contribution in [-0.4, -0.2) is 110 Å². The van der Waals surface area contributed by atoms with Crippen LogP contribution < -0.4 is 10.6 Å². The topological polar surface area (TPSA) is 155 Å². The van der Waals surface area contributed by atoms with Gasteiger partial charge in [0.2, 0.25) is 5.91 Å². The number of benzene rings is 1. The molecule has 5 heterocycles. The lowest BCUT2D eigenvalue weighted by atomic mass is 9.96. The molecule has 4 aromatic rings. The van der Waals surface area contributed by atoms with Crippen LogP contribution in [0.2, 0.25) is 5.02 Å². The molecule has 2 aliphatic heterocycles. The Morgan fingerprint density at radius 2 is 1.80 bits per heavy atom. The van der Waals surface area contributed by atoms with Gasteiger partial charge in [0.25, 0.3) is 11.8 Å². The molecule has 0 unspecified atom stereocenters. The minimum Gasteiger partial charge on any atom is -0.383 e. The van der Waals surface area contributed by atoms with Crippen molar-refractivity contribution in [3.8, 4) is 5.82 Å². The van der Waals surface area contributed by atoms with Gasteiger partial charge in [-0.3, -0.25) is 14.4 Å². The van der Waals surface area contributed by atoms with Gasteiger partial charge in [-0.05, 0) is 44.1 Å². The number of ether oxygens (including phenoxy) is 1. The maximum Gasteiger partial charge on any atom is 0.435 e. The number of anilines is 1. The number of halogens is 4. The van der Waals surface area contributed by atoms with Crippen LogP contribution in [0, 0.1) is 5.92 Å². The van der Waals surface area contributed by atoms with Gasteiger partial charge < -0.3 is 34.7 Å². The van der Waals surface area contributed by atoms with Crippen molar-refractivity contribution in [1.29, 1.82) is 0 Å². The van der Waals surface area contributed by atoms with E-state index in [1.807, 2.05) is 4.90 Å². The van der Waals surface area contributed by atoms with Gasteiger partial charge in [0.15, 0.2) is 17.3 Å². The molecule has 0 bridgehead atoms. The summed E-state index contributed by atoms with van der Waals surface area (Å²) in [4.78, 5) is 53.5. The third-order valence-corrected chi connectivity index (χ3v) is 9.03. The summed E-state index contributed by atoms with van der Waals surface area (Å²) in [6.07, 6.45) is 2.23. The first kappa shape index (κ1) is 35.1. The predicted molar refractivity (Wildman–Crippen MR) is 175 cm³/mol. The summed E-state index contributed by atoms with van der Waals surface area (Å²) in [6, 6.07) is 4.48. The van der Waals surface area contributed by atoms with Crippen molar-refractivity contribution in [3.05, 3.63) is 76.5 Å². The Labute approximate surface area is 289 Å². The fourth-order valence-corrected chi connectivity index (χ4v) is 6.30. The van der Waals surface area contributed by atoms with Gasteiger partial charge in [-0.1, -0.05) is 11.6 Å². The summed E-state index contributed by atoms with van der Waals surface area (Å²) >= 11 is 6.47. The normalized spacial score (nSPS) is 15.8. The number of methoxy groups -OCH3 is 1. The van der Waals surface area contributed by atoms with Gasteiger partial charge in [-0.2, -0.15) is 18.3 Å². The average Bonchev–Trinajstić information content (AvgIpc) is 3.88. The van der Waals surface area contributed by atoms with Crippen LogP contribution in [-0.2, 0) is 28.7 Å². The molecule has 14 nitrogen and oxygen atoms in total. The van der Waals surface area contributed by atoms with Gasteiger partial charge >= 0.3 is 6.18 Å². The number of H-pyrrole nitrogens is 1. The highest BCUT2D eigenvalue weighted by molar-refractivity contribution is 6.34. The number of carbonyl (C=O) groups is 3. The fraction of sp³-hybridized carbons (Fsp3) is 0.438. The molecule has 266 valence electrons. The summed E-state index contributed by atoms with van der Waals surface area (Å²) < 4.78 is 49.4. The number of rotatable bonds is 10. The van der Waals surface area contributed by atoms with Crippen LogP contribution in [0.4, 0.5) is 18.9 Å². The van der Waals surface area contributed by atoms with Crippen LogP contribution in [0.3, 0.4) is 0 Å². The Morgan fingerprint density at radius 3 is 2.50 bits per heavy atom. The minimum absolute atomic E-state index is 0.0182. The van der Waals surface area contributed by atoms with E-state index >= 15 is 0 Å². The molecule has 0 aliphatic carbocycles. The number of piperazine rings is 1. The van der Waals surface area contributed by atoms with Crippen molar-refractivity contribution in [2.24, 2.45) is 5.92 Å². The zero-order valence-corrected chi connectivity index (χ0v) is 27.9. The van der Waals surface area contributed by atoms with Gasteiger partial charge in [-0.25, -0.2) is 14.6 Å². The lowest BCUT2D eigenvalue weighted by Crippen LogP contribution is -2.52. The van der Waals surface area contributed by atoms with Gasteiger partial charge in [-0.15, -0.1) is 0 Å².